The molecule has 1 atom stereocenters. The smallest absolute Gasteiger partial charge is 0.0167 e. The maximum absolute atomic E-state index is 2.44. The molecule has 28 heavy (non-hydrogen) atoms. The van der Waals surface area contributed by atoms with Crippen molar-refractivity contribution in [3.63, 3.8) is 0 Å². The Kier molecular flexibility index (Phi) is 5.38. The molecule has 1 aliphatic rings. The van der Waals surface area contributed by atoms with E-state index in [-0.39, 0.29) is 10.8 Å². The molecule has 1 unspecified atom stereocenters. The van der Waals surface area contributed by atoms with Crippen LogP contribution in [0.3, 0.4) is 0 Å². The van der Waals surface area contributed by atoms with Crippen LogP contribution in [0.25, 0.3) is 17.2 Å². The Hall–Kier alpha value is -1.82. The topological polar surface area (TPSA) is 0 Å². The number of hydrogen-bond donors (Lipinski definition) is 0. The molecule has 0 nitrogen and oxygen atoms in total. The van der Waals surface area contributed by atoms with Crippen LogP contribution in [0.5, 0.6) is 0 Å². The molecule has 0 aromatic heterocycles. The number of aryl methyl sites for hydroxylation is 1. The summed E-state index contributed by atoms with van der Waals surface area (Å²) in [7, 11) is 0. The third kappa shape index (κ3) is 3.97. The Bertz CT molecular complexity index is 878. The van der Waals surface area contributed by atoms with Crippen molar-refractivity contribution in [1.82, 2.24) is 0 Å². The minimum absolute atomic E-state index is 0.131. The molecule has 2 aromatic carbocycles. The Labute approximate surface area is 173 Å². The minimum Gasteiger partial charge on any atom is -0.0648 e. The zero-order valence-electron chi connectivity index (χ0n) is 19.3. The van der Waals surface area contributed by atoms with Crippen LogP contribution in [0.4, 0.5) is 0 Å². The van der Waals surface area contributed by atoms with E-state index in [9.17, 15) is 0 Å². The Morgan fingerprint density at radius 2 is 1.43 bits per heavy atom. The average molecular weight is 374 g/mol. The van der Waals surface area contributed by atoms with E-state index in [1.54, 1.807) is 0 Å². The summed E-state index contributed by atoms with van der Waals surface area (Å²) in [5.74, 6) is 0.603. The third-order valence-electron chi connectivity index (χ3n) is 6.26. The minimum atomic E-state index is 0.131. The first-order chi connectivity index (χ1) is 12.9. The van der Waals surface area contributed by atoms with Crippen molar-refractivity contribution in [2.45, 2.75) is 79.6 Å². The van der Waals surface area contributed by atoms with Gasteiger partial charge in [-0.15, -0.1) is 0 Å². The summed E-state index contributed by atoms with van der Waals surface area (Å²) in [5, 5.41) is 0. The van der Waals surface area contributed by atoms with Gasteiger partial charge in [0.2, 0.25) is 0 Å². The van der Waals surface area contributed by atoms with Crippen LogP contribution in [-0.2, 0) is 10.8 Å². The van der Waals surface area contributed by atoms with Gasteiger partial charge >= 0.3 is 0 Å². The molecular weight excluding hydrogens is 336 g/mol. The molecule has 0 saturated heterocycles. The monoisotopic (exact) mass is 373 g/mol. The number of hydrogen-bond acceptors (Lipinski definition) is 0. The Balaban J connectivity index is 2.26. The SMILES string of the molecule is CCC(C)C1=Cc2c(ccc(C)c2-c2cc(C(C)(C)C)cc(C(C)(C)C)c2)[CH]1. The number of allylic oxidation sites excluding steroid dienone is 1. The van der Waals surface area contributed by atoms with Gasteiger partial charge in [-0.2, -0.15) is 0 Å². The van der Waals surface area contributed by atoms with Gasteiger partial charge in [0.25, 0.3) is 0 Å². The standard InChI is InChI=1S/C28H37/c1-10-18(2)21-13-20-12-11-19(3)26(25(20)16-21)22-14-23(27(4,5)6)17-24(15-22)28(7,8)9/h11-18H,10H2,1-9H3. The first-order valence-electron chi connectivity index (χ1n) is 10.8. The van der Waals surface area contributed by atoms with E-state index in [1.807, 2.05) is 0 Å². The highest BCUT2D eigenvalue weighted by Gasteiger charge is 2.25. The summed E-state index contributed by atoms with van der Waals surface area (Å²) in [6, 6.07) is 11.8. The maximum Gasteiger partial charge on any atom is 0.0167 e. The van der Waals surface area contributed by atoms with Crippen molar-refractivity contribution in [2.75, 3.05) is 0 Å². The zero-order chi connectivity index (χ0) is 20.9. The predicted octanol–water partition coefficient (Wildman–Crippen LogP) is 8.25. The molecule has 0 heterocycles. The van der Waals surface area contributed by atoms with E-state index >= 15 is 0 Å². The quantitative estimate of drug-likeness (QED) is 0.508. The van der Waals surface area contributed by atoms with E-state index in [2.05, 4.69) is 105 Å². The summed E-state index contributed by atoms with van der Waals surface area (Å²) >= 11 is 0. The van der Waals surface area contributed by atoms with Crippen molar-refractivity contribution in [1.29, 1.82) is 0 Å². The maximum atomic E-state index is 2.44. The van der Waals surface area contributed by atoms with E-state index < -0.39 is 0 Å². The summed E-state index contributed by atoms with van der Waals surface area (Å²) in [5.41, 5.74) is 11.5. The zero-order valence-corrected chi connectivity index (χ0v) is 19.3. The van der Waals surface area contributed by atoms with E-state index in [0.717, 1.165) is 0 Å². The second-order valence-electron chi connectivity index (χ2n) is 10.7. The van der Waals surface area contributed by atoms with Crippen LogP contribution < -0.4 is 0 Å². The van der Waals surface area contributed by atoms with Crippen molar-refractivity contribution in [2.24, 2.45) is 5.92 Å². The van der Waals surface area contributed by atoms with E-state index in [1.165, 1.54) is 50.9 Å². The van der Waals surface area contributed by atoms with Crippen molar-refractivity contribution < 1.29 is 0 Å². The van der Waals surface area contributed by atoms with Gasteiger partial charge in [-0.1, -0.05) is 97.4 Å². The van der Waals surface area contributed by atoms with Crippen LogP contribution in [0.15, 0.2) is 35.9 Å². The molecule has 0 N–H and O–H groups in total. The lowest BCUT2D eigenvalue weighted by Crippen LogP contribution is -2.16. The summed E-state index contributed by atoms with van der Waals surface area (Å²) in [4.78, 5) is 0. The summed E-state index contributed by atoms with van der Waals surface area (Å²) in [6.45, 7) is 20.8. The first-order valence-corrected chi connectivity index (χ1v) is 10.8. The third-order valence-corrected chi connectivity index (χ3v) is 6.26. The lowest BCUT2D eigenvalue weighted by molar-refractivity contribution is 0.569. The van der Waals surface area contributed by atoms with Gasteiger partial charge in [0.15, 0.2) is 0 Å². The lowest BCUT2D eigenvalue weighted by Gasteiger charge is -2.27. The van der Waals surface area contributed by atoms with Gasteiger partial charge in [-0.3, -0.25) is 0 Å². The highest BCUT2D eigenvalue weighted by molar-refractivity contribution is 5.86. The van der Waals surface area contributed by atoms with Gasteiger partial charge in [-0.25, -0.2) is 0 Å². The van der Waals surface area contributed by atoms with Crippen molar-refractivity contribution >= 4 is 6.08 Å². The van der Waals surface area contributed by atoms with Crippen LogP contribution in [0, 0.1) is 19.3 Å². The number of fused-ring (bicyclic) bond motifs is 1. The average Bonchev–Trinajstić information content (AvgIpc) is 3.03. The summed E-state index contributed by atoms with van der Waals surface area (Å²) < 4.78 is 0. The molecule has 2 aromatic rings. The molecule has 0 saturated carbocycles. The molecule has 0 amide bonds. The normalized spacial score (nSPS) is 15.4. The molecule has 0 heteroatoms. The molecule has 0 aliphatic heterocycles. The second kappa shape index (κ2) is 7.21. The molecule has 0 bridgehead atoms. The van der Waals surface area contributed by atoms with Gasteiger partial charge in [0, 0.05) is 6.42 Å². The number of rotatable bonds is 3. The predicted molar refractivity (Wildman–Crippen MR) is 125 cm³/mol. The van der Waals surface area contributed by atoms with Crippen LogP contribution >= 0.6 is 0 Å². The first kappa shape index (κ1) is 20.9. The molecule has 149 valence electrons. The molecule has 0 spiro atoms. The van der Waals surface area contributed by atoms with E-state index in [4.69, 9.17) is 0 Å². The van der Waals surface area contributed by atoms with Gasteiger partial charge in [0.05, 0.1) is 0 Å². The highest BCUT2D eigenvalue weighted by atomic mass is 14.3. The molecule has 3 rings (SSSR count). The molecular formula is C28H37. The Morgan fingerprint density at radius 3 is 1.93 bits per heavy atom. The second-order valence-corrected chi connectivity index (χ2v) is 10.7. The highest BCUT2D eigenvalue weighted by Crippen LogP contribution is 2.42. The molecule has 1 aliphatic carbocycles. The molecule has 0 fully saturated rings. The van der Waals surface area contributed by atoms with Crippen LogP contribution in [-0.4, -0.2) is 0 Å². The largest absolute Gasteiger partial charge is 0.0648 e. The molecule has 1 radical (unpaired) electrons. The fourth-order valence-electron chi connectivity index (χ4n) is 3.96. The Morgan fingerprint density at radius 1 is 0.857 bits per heavy atom. The van der Waals surface area contributed by atoms with Crippen LogP contribution in [0.2, 0.25) is 0 Å². The van der Waals surface area contributed by atoms with Gasteiger partial charge in [0.1, 0.15) is 0 Å². The van der Waals surface area contributed by atoms with Crippen molar-refractivity contribution in [3.8, 4) is 11.1 Å². The van der Waals surface area contributed by atoms with Gasteiger partial charge in [-0.05, 0) is 69.0 Å². The fourth-order valence-corrected chi connectivity index (χ4v) is 3.96. The fraction of sp³-hybridized carbons (Fsp3) is 0.464. The van der Waals surface area contributed by atoms with E-state index in [0.29, 0.717) is 5.92 Å². The van der Waals surface area contributed by atoms with Crippen LogP contribution in [0.1, 0.15) is 89.6 Å². The van der Waals surface area contributed by atoms with Gasteiger partial charge < -0.3 is 0 Å². The van der Waals surface area contributed by atoms with Crippen molar-refractivity contribution in [3.05, 3.63) is 70.1 Å². The number of benzene rings is 2. The summed E-state index contributed by atoms with van der Waals surface area (Å²) in [6.07, 6.45) is 6.01. The lowest BCUT2D eigenvalue weighted by atomic mass is 9.78.